The number of phenolic OH excluding ortho intramolecular Hbond substituents is 2. The molecule has 5 N–H and O–H groups in total. The number of aromatic amines is 1. The molecule has 1 amide bonds. The summed E-state index contributed by atoms with van der Waals surface area (Å²) in [7, 11) is -4.47. The number of para-hydroxylation sites is 1. The van der Waals surface area contributed by atoms with Gasteiger partial charge in [-0.3, -0.25) is 13.9 Å². The molecule has 174 valence electrons. The summed E-state index contributed by atoms with van der Waals surface area (Å²) in [5.41, 5.74) is 1.33. The van der Waals surface area contributed by atoms with Gasteiger partial charge in [-0.1, -0.05) is 18.2 Å². The quantitative estimate of drug-likeness (QED) is 0.271. The van der Waals surface area contributed by atoms with Crippen LogP contribution < -0.4 is 9.62 Å². The molecule has 0 spiro atoms. The van der Waals surface area contributed by atoms with Gasteiger partial charge in [0.2, 0.25) is 0 Å². The molecule has 1 heterocycles. The van der Waals surface area contributed by atoms with Gasteiger partial charge in [0.05, 0.1) is 16.1 Å². The Balaban J connectivity index is 1.72. The Morgan fingerprint density at radius 3 is 2.26 bits per heavy atom. The summed E-state index contributed by atoms with van der Waals surface area (Å²) in [6.45, 7) is -0.910. The van der Waals surface area contributed by atoms with Crippen LogP contribution in [0.25, 0.3) is 10.9 Å². The van der Waals surface area contributed by atoms with Crippen LogP contribution in [0, 0.1) is 0 Å². The van der Waals surface area contributed by atoms with Crippen molar-refractivity contribution >= 4 is 44.2 Å². The fourth-order valence-electron chi connectivity index (χ4n) is 3.46. The molecule has 3 aromatic carbocycles. The molecule has 0 radical (unpaired) electrons. The van der Waals surface area contributed by atoms with Crippen LogP contribution in [0.2, 0.25) is 0 Å². The normalized spacial score (nSPS) is 11.3. The van der Waals surface area contributed by atoms with Gasteiger partial charge in [-0.25, -0.2) is 8.42 Å². The van der Waals surface area contributed by atoms with Crippen LogP contribution >= 0.6 is 0 Å². The van der Waals surface area contributed by atoms with E-state index < -0.39 is 38.9 Å². The van der Waals surface area contributed by atoms with Crippen LogP contribution in [-0.4, -0.2) is 47.1 Å². The molecule has 0 aliphatic carbocycles. The van der Waals surface area contributed by atoms with Crippen molar-refractivity contribution in [1.82, 2.24) is 4.98 Å². The number of carbonyl (C=O) groups excluding carboxylic acids is 1. The van der Waals surface area contributed by atoms with Crippen molar-refractivity contribution in [2.45, 2.75) is 4.90 Å². The second-order valence-electron chi connectivity index (χ2n) is 7.34. The molecule has 0 aliphatic rings. The second-order valence-corrected chi connectivity index (χ2v) is 9.21. The fourth-order valence-corrected chi connectivity index (χ4v) is 4.92. The number of hydrogen-bond acceptors (Lipinski definition) is 6. The lowest BCUT2D eigenvalue weighted by atomic mass is 10.1. The zero-order valence-electron chi connectivity index (χ0n) is 17.5. The minimum atomic E-state index is -4.47. The summed E-state index contributed by atoms with van der Waals surface area (Å²) in [4.78, 5) is 26.6. The van der Waals surface area contributed by atoms with Crippen LogP contribution in [0.4, 0.5) is 11.4 Å². The Hall–Kier alpha value is -4.51. The lowest BCUT2D eigenvalue weighted by molar-refractivity contribution is -0.135. The molecule has 0 atom stereocenters. The van der Waals surface area contributed by atoms with E-state index in [1.165, 1.54) is 24.4 Å². The van der Waals surface area contributed by atoms with Crippen LogP contribution in [0.3, 0.4) is 0 Å². The Labute approximate surface area is 193 Å². The maximum Gasteiger partial charge on any atom is 0.324 e. The molecule has 11 heteroatoms. The number of aromatic nitrogens is 1. The van der Waals surface area contributed by atoms with Gasteiger partial charge in [-0.15, -0.1) is 0 Å². The van der Waals surface area contributed by atoms with E-state index in [4.69, 9.17) is 0 Å². The van der Waals surface area contributed by atoms with Gasteiger partial charge in [0.15, 0.2) is 0 Å². The molecular formula is C23H19N3O7S. The average Bonchev–Trinajstić information content (AvgIpc) is 3.20. The van der Waals surface area contributed by atoms with E-state index in [2.05, 4.69) is 10.3 Å². The predicted molar refractivity (Wildman–Crippen MR) is 125 cm³/mol. The number of phenols is 2. The number of amides is 1. The molecule has 0 saturated heterocycles. The Morgan fingerprint density at radius 2 is 1.62 bits per heavy atom. The third-order valence-electron chi connectivity index (χ3n) is 4.97. The van der Waals surface area contributed by atoms with Gasteiger partial charge in [0, 0.05) is 41.0 Å². The number of H-pyrrole nitrogens is 1. The number of aliphatic carboxylic acids is 1. The molecule has 0 unspecified atom stereocenters. The third-order valence-corrected chi connectivity index (χ3v) is 6.72. The first kappa shape index (κ1) is 22.7. The number of anilines is 2. The average molecular weight is 481 g/mol. The monoisotopic (exact) mass is 481 g/mol. The predicted octanol–water partition coefficient (Wildman–Crippen LogP) is 3.11. The summed E-state index contributed by atoms with van der Waals surface area (Å²) in [5, 5.41) is 32.0. The molecule has 0 fully saturated rings. The highest BCUT2D eigenvalue weighted by Gasteiger charge is 2.28. The summed E-state index contributed by atoms with van der Waals surface area (Å²) >= 11 is 0. The van der Waals surface area contributed by atoms with E-state index >= 15 is 0 Å². The van der Waals surface area contributed by atoms with E-state index in [1.54, 1.807) is 24.3 Å². The molecule has 4 rings (SSSR count). The molecule has 0 bridgehead atoms. The Morgan fingerprint density at radius 1 is 0.941 bits per heavy atom. The SMILES string of the molecule is O=C(O)CN(c1ccc2c(C(=O)Nc3ccccc3)c[nH]c2c1)S(=O)(=O)c1cc(O)cc(O)c1. The molecular weight excluding hydrogens is 462 g/mol. The molecule has 0 aliphatic heterocycles. The maximum atomic E-state index is 13.2. The molecule has 1 aromatic heterocycles. The summed E-state index contributed by atoms with van der Waals surface area (Å²) in [6.07, 6.45) is 1.47. The van der Waals surface area contributed by atoms with Crippen molar-refractivity contribution in [3.63, 3.8) is 0 Å². The summed E-state index contributed by atoms with van der Waals surface area (Å²) in [6, 6.07) is 15.9. The van der Waals surface area contributed by atoms with Crippen LogP contribution in [0.1, 0.15) is 10.4 Å². The number of rotatable bonds is 7. The van der Waals surface area contributed by atoms with Crippen molar-refractivity contribution < 1.29 is 33.3 Å². The number of aromatic hydroxyl groups is 2. The number of carbonyl (C=O) groups is 2. The number of benzene rings is 3. The number of hydrogen-bond donors (Lipinski definition) is 5. The number of nitrogens with one attached hydrogen (secondary N) is 2. The largest absolute Gasteiger partial charge is 0.508 e. The van der Waals surface area contributed by atoms with Gasteiger partial charge < -0.3 is 25.6 Å². The number of nitrogens with zero attached hydrogens (tertiary/aromatic N) is 1. The van der Waals surface area contributed by atoms with Crippen molar-refractivity contribution in [2.75, 3.05) is 16.2 Å². The smallest absolute Gasteiger partial charge is 0.324 e. The van der Waals surface area contributed by atoms with Gasteiger partial charge in [0.25, 0.3) is 15.9 Å². The molecule has 34 heavy (non-hydrogen) atoms. The van der Waals surface area contributed by atoms with Crippen molar-refractivity contribution in [2.24, 2.45) is 0 Å². The van der Waals surface area contributed by atoms with E-state index in [0.29, 0.717) is 26.5 Å². The fraction of sp³-hybridized carbons (Fsp3) is 0.0435. The Kier molecular flexibility index (Phi) is 5.86. The number of carboxylic acids is 1. The summed E-state index contributed by atoms with van der Waals surface area (Å²) < 4.78 is 27.0. The molecule has 4 aromatic rings. The minimum absolute atomic E-state index is 0.00889. The van der Waals surface area contributed by atoms with Crippen molar-refractivity contribution in [1.29, 1.82) is 0 Å². The first-order chi connectivity index (χ1) is 16.1. The lowest BCUT2D eigenvalue weighted by Gasteiger charge is -2.23. The van der Waals surface area contributed by atoms with Gasteiger partial charge in [-0.05, 0) is 30.3 Å². The first-order valence-corrected chi connectivity index (χ1v) is 11.3. The lowest BCUT2D eigenvalue weighted by Crippen LogP contribution is -2.35. The van der Waals surface area contributed by atoms with Gasteiger partial charge >= 0.3 is 5.97 Å². The van der Waals surface area contributed by atoms with Crippen LogP contribution in [-0.2, 0) is 14.8 Å². The maximum absolute atomic E-state index is 13.2. The van der Waals surface area contributed by atoms with E-state index in [9.17, 15) is 33.3 Å². The zero-order valence-corrected chi connectivity index (χ0v) is 18.3. The number of carboxylic acid groups (broad SMARTS) is 1. The highest BCUT2D eigenvalue weighted by atomic mass is 32.2. The van der Waals surface area contributed by atoms with Gasteiger partial charge in [-0.2, -0.15) is 0 Å². The van der Waals surface area contributed by atoms with Crippen molar-refractivity contribution in [3.8, 4) is 11.5 Å². The van der Waals surface area contributed by atoms with E-state index in [-0.39, 0.29) is 11.6 Å². The second kappa shape index (κ2) is 8.79. The summed E-state index contributed by atoms with van der Waals surface area (Å²) in [5.74, 6) is -2.79. The first-order valence-electron chi connectivity index (χ1n) is 9.90. The topological polar surface area (TPSA) is 160 Å². The number of sulfonamides is 1. The van der Waals surface area contributed by atoms with Crippen LogP contribution in [0.5, 0.6) is 11.5 Å². The number of fused-ring (bicyclic) bond motifs is 1. The van der Waals surface area contributed by atoms with E-state index in [1.807, 2.05) is 6.07 Å². The van der Waals surface area contributed by atoms with Crippen molar-refractivity contribution in [3.05, 3.63) is 78.5 Å². The van der Waals surface area contributed by atoms with Crippen LogP contribution in [0.15, 0.2) is 77.8 Å². The zero-order chi connectivity index (χ0) is 24.5. The third kappa shape index (κ3) is 4.50. The highest BCUT2D eigenvalue weighted by molar-refractivity contribution is 7.92. The standard InChI is InChI=1S/C23H19N3O7S/c27-16-9-17(28)11-18(10-16)34(32,33)26(13-22(29)30)15-6-7-19-20(12-24-21(19)8-15)23(31)25-14-4-2-1-3-5-14/h1-12,24,27-28H,13H2,(H,25,31)(H,29,30). The van der Waals surface area contributed by atoms with E-state index in [0.717, 1.165) is 18.2 Å². The molecule has 0 saturated carbocycles. The minimum Gasteiger partial charge on any atom is -0.508 e. The van der Waals surface area contributed by atoms with Gasteiger partial charge in [0.1, 0.15) is 18.0 Å². The Bertz CT molecular complexity index is 1480. The highest BCUT2D eigenvalue weighted by Crippen LogP contribution is 2.31. The molecule has 10 nitrogen and oxygen atoms in total.